The predicted molar refractivity (Wildman–Crippen MR) is 72.3 cm³/mol. The molecule has 2 heterocycles. The van der Waals surface area contributed by atoms with Crippen LogP contribution < -0.4 is 0 Å². The summed E-state index contributed by atoms with van der Waals surface area (Å²) in [5.74, 6) is 0.764. The van der Waals surface area contributed by atoms with Crippen LogP contribution in [0.3, 0.4) is 0 Å². The van der Waals surface area contributed by atoms with Crippen molar-refractivity contribution in [2.24, 2.45) is 0 Å². The van der Waals surface area contributed by atoms with Crippen molar-refractivity contribution in [2.45, 2.75) is 0 Å². The van der Waals surface area contributed by atoms with E-state index in [1.54, 1.807) is 12.4 Å². The molecule has 3 nitrogen and oxygen atoms in total. The van der Waals surface area contributed by atoms with Gasteiger partial charge in [0.1, 0.15) is 5.69 Å². The fraction of sp³-hybridized carbons (Fsp3) is 0. The molecule has 1 aromatic carbocycles. The molecule has 4 heteroatoms. The Balaban J connectivity index is 1.97. The second kappa shape index (κ2) is 4.63. The van der Waals surface area contributed by atoms with Gasteiger partial charge in [0.25, 0.3) is 0 Å². The first-order valence-electron chi connectivity index (χ1n) is 5.55. The summed E-state index contributed by atoms with van der Waals surface area (Å²) in [6, 6.07) is 13.4. The predicted octanol–water partition coefficient (Wildman–Crippen LogP) is 3.79. The average Bonchev–Trinajstić information content (AvgIpc) is 2.90. The maximum atomic E-state index is 5.86. The summed E-state index contributed by atoms with van der Waals surface area (Å²) in [7, 11) is 0. The summed E-state index contributed by atoms with van der Waals surface area (Å²) >= 11 is 5.86. The molecule has 1 N–H and O–H groups in total. The van der Waals surface area contributed by atoms with Gasteiger partial charge in [0.05, 0.1) is 11.9 Å². The van der Waals surface area contributed by atoms with Crippen molar-refractivity contribution in [3.63, 3.8) is 0 Å². The lowest BCUT2D eigenvalue weighted by Crippen LogP contribution is -1.84. The Bertz CT molecular complexity index is 644. The van der Waals surface area contributed by atoms with Crippen molar-refractivity contribution in [3.05, 3.63) is 59.9 Å². The Hall–Kier alpha value is -2.13. The molecular formula is C14H10ClN3. The number of hydrogen-bond donors (Lipinski definition) is 1. The lowest BCUT2D eigenvalue weighted by Gasteiger charge is -1.97. The Labute approximate surface area is 109 Å². The van der Waals surface area contributed by atoms with Crippen LogP contribution in [0.4, 0.5) is 0 Å². The van der Waals surface area contributed by atoms with Crippen LogP contribution in [-0.4, -0.2) is 15.0 Å². The van der Waals surface area contributed by atoms with Gasteiger partial charge >= 0.3 is 0 Å². The lowest BCUT2D eigenvalue weighted by atomic mass is 10.2. The molecular weight excluding hydrogens is 246 g/mol. The number of nitrogens with one attached hydrogen (secondary N) is 1. The minimum absolute atomic E-state index is 0.725. The molecule has 0 bridgehead atoms. The molecule has 0 aliphatic rings. The van der Waals surface area contributed by atoms with Crippen molar-refractivity contribution in [1.29, 1.82) is 0 Å². The topological polar surface area (TPSA) is 41.6 Å². The molecule has 0 aliphatic heterocycles. The van der Waals surface area contributed by atoms with E-state index in [1.165, 1.54) is 0 Å². The number of benzene rings is 1. The van der Waals surface area contributed by atoms with Crippen molar-refractivity contribution < 1.29 is 0 Å². The highest BCUT2D eigenvalue weighted by Gasteiger charge is 2.05. The molecule has 18 heavy (non-hydrogen) atoms. The third-order valence-corrected chi connectivity index (χ3v) is 2.89. The van der Waals surface area contributed by atoms with Gasteiger partial charge in [0.15, 0.2) is 5.82 Å². The van der Waals surface area contributed by atoms with E-state index in [0.29, 0.717) is 0 Å². The van der Waals surface area contributed by atoms with E-state index < -0.39 is 0 Å². The minimum Gasteiger partial charge on any atom is -0.337 e. The van der Waals surface area contributed by atoms with Crippen LogP contribution in [0.15, 0.2) is 54.9 Å². The number of aromatic amines is 1. The first-order chi connectivity index (χ1) is 8.83. The van der Waals surface area contributed by atoms with E-state index >= 15 is 0 Å². The van der Waals surface area contributed by atoms with E-state index in [9.17, 15) is 0 Å². The van der Waals surface area contributed by atoms with Crippen LogP contribution in [0.5, 0.6) is 0 Å². The van der Waals surface area contributed by atoms with Crippen LogP contribution in [0.1, 0.15) is 0 Å². The quantitative estimate of drug-likeness (QED) is 0.757. The molecule has 3 rings (SSSR count). The molecule has 0 fully saturated rings. The minimum atomic E-state index is 0.725. The van der Waals surface area contributed by atoms with E-state index in [2.05, 4.69) is 15.0 Å². The van der Waals surface area contributed by atoms with E-state index in [1.807, 2.05) is 42.5 Å². The molecule has 0 aliphatic carbocycles. The Morgan fingerprint density at radius 1 is 0.944 bits per heavy atom. The highest BCUT2D eigenvalue weighted by molar-refractivity contribution is 6.30. The second-order valence-electron chi connectivity index (χ2n) is 3.87. The van der Waals surface area contributed by atoms with Crippen LogP contribution in [-0.2, 0) is 0 Å². The van der Waals surface area contributed by atoms with Gasteiger partial charge in [0, 0.05) is 11.2 Å². The monoisotopic (exact) mass is 255 g/mol. The molecule has 0 unspecified atom stereocenters. The molecule has 0 radical (unpaired) electrons. The molecule has 2 aromatic heterocycles. The van der Waals surface area contributed by atoms with Gasteiger partial charge in [-0.05, 0) is 29.8 Å². The fourth-order valence-corrected chi connectivity index (χ4v) is 1.86. The SMILES string of the molecule is Clc1ccc(-c2cnc(-c3ccccn3)[nH]2)cc1. The van der Waals surface area contributed by atoms with Crippen molar-refractivity contribution in [3.8, 4) is 22.8 Å². The van der Waals surface area contributed by atoms with Crippen LogP contribution in [0.25, 0.3) is 22.8 Å². The Morgan fingerprint density at radius 2 is 1.78 bits per heavy atom. The lowest BCUT2D eigenvalue weighted by molar-refractivity contribution is 1.22. The first kappa shape index (κ1) is 11.0. The van der Waals surface area contributed by atoms with Gasteiger partial charge in [-0.25, -0.2) is 4.98 Å². The van der Waals surface area contributed by atoms with Gasteiger partial charge in [0.2, 0.25) is 0 Å². The number of halogens is 1. The van der Waals surface area contributed by atoms with Crippen molar-refractivity contribution >= 4 is 11.6 Å². The summed E-state index contributed by atoms with van der Waals surface area (Å²) in [6.45, 7) is 0. The van der Waals surface area contributed by atoms with Gasteiger partial charge in [-0.2, -0.15) is 0 Å². The largest absolute Gasteiger partial charge is 0.337 e. The highest BCUT2D eigenvalue weighted by Crippen LogP contribution is 2.22. The second-order valence-corrected chi connectivity index (χ2v) is 4.30. The molecule has 0 saturated carbocycles. The molecule has 88 valence electrons. The fourth-order valence-electron chi connectivity index (χ4n) is 1.73. The number of aromatic nitrogens is 3. The Kier molecular flexibility index (Phi) is 2.82. The molecule has 0 amide bonds. The smallest absolute Gasteiger partial charge is 0.156 e. The van der Waals surface area contributed by atoms with Crippen LogP contribution in [0, 0.1) is 0 Å². The molecule has 0 saturated heterocycles. The van der Waals surface area contributed by atoms with E-state index in [4.69, 9.17) is 11.6 Å². The number of hydrogen-bond acceptors (Lipinski definition) is 2. The average molecular weight is 256 g/mol. The van der Waals surface area contributed by atoms with E-state index in [0.717, 1.165) is 27.8 Å². The van der Waals surface area contributed by atoms with E-state index in [-0.39, 0.29) is 0 Å². The number of rotatable bonds is 2. The summed E-state index contributed by atoms with van der Waals surface area (Å²) in [5.41, 5.74) is 2.83. The van der Waals surface area contributed by atoms with Gasteiger partial charge < -0.3 is 4.98 Å². The third kappa shape index (κ3) is 2.13. The number of pyridine rings is 1. The van der Waals surface area contributed by atoms with Gasteiger partial charge in [-0.1, -0.05) is 29.8 Å². The zero-order chi connectivity index (χ0) is 12.4. The summed E-state index contributed by atoms with van der Waals surface area (Å²) < 4.78 is 0. The van der Waals surface area contributed by atoms with Crippen LogP contribution >= 0.6 is 11.6 Å². The normalized spacial score (nSPS) is 10.5. The van der Waals surface area contributed by atoms with Gasteiger partial charge in [-0.3, -0.25) is 4.98 Å². The van der Waals surface area contributed by atoms with Crippen molar-refractivity contribution in [1.82, 2.24) is 15.0 Å². The van der Waals surface area contributed by atoms with Crippen molar-refractivity contribution in [2.75, 3.05) is 0 Å². The third-order valence-electron chi connectivity index (χ3n) is 2.64. The van der Waals surface area contributed by atoms with Crippen LogP contribution in [0.2, 0.25) is 5.02 Å². The summed E-state index contributed by atoms with van der Waals surface area (Å²) in [5, 5.41) is 0.725. The standard InChI is InChI=1S/C14H10ClN3/c15-11-6-4-10(5-7-11)13-9-17-14(18-13)12-3-1-2-8-16-12/h1-9H,(H,17,18). The summed E-state index contributed by atoms with van der Waals surface area (Å²) in [4.78, 5) is 11.8. The number of imidazole rings is 1. The number of H-pyrrole nitrogens is 1. The molecule has 0 atom stereocenters. The van der Waals surface area contributed by atoms with Gasteiger partial charge in [-0.15, -0.1) is 0 Å². The first-order valence-corrected chi connectivity index (χ1v) is 5.93. The zero-order valence-electron chi connectivity index (χ0n) is 9.47. The maximum absolute atomic E-state index is 5.86. The maximum Gasteiger partial charge on any atom is 0.156 e. The Morgan fingerprint density at radius 3 is 2.50 bits per heavy atom. The molecule has 3 aromatic rings. The highest BCUT2D eigenvalue weighted by atomic mass is 35.5. The summed E-state index contributed by atoms with van der Waals surface area (Å²) in [6.07, 6.45) is 3.55. The zero-order valence-corrected chi connectivity index (χ0v) is 10.2. The number of nitrogens with zero attached hydrogens (tertiary/aromatic N) is 2. The molecule has 0 spiro atoms.